The van der Waals surface area contributed by atoms with E-state index in [0.717, 1.165) is 10.1 Å². The minimum atomic E-state index is -0.0357. The highest BCUT2D eigenvalue weighted by molar-refractivity contribution is 14.1. The molecule has 0 heterocycles. The van der Waals surface area contributed by atoms with Gasteiger partial charge in [0, 0.05) is 15.7 Å². The molecule has 1 aromatic rings. The Labute approximate surface area is 114 Å². The normalized spacial score (nSPS) is 16.9. The first kappa shape index (κ1) is 12.2. The van der Waals surface area contributed by atoms with Gasteiger partial charge in [0.25, 0.3) is 5.91 Å². The SMILES string of the molecule is CC1(CNC(=O)c2ccc(I)c(Cl)c2)CC1. The first-order chi connectivity index (χ1) is 7.50. The number of hydrogen-bond acceptors (Lipinski definition) is 1. The molecule has 1 fully saturated rings. The molecule has 0 spiro atoms. The molecule has 86 valence electrons. The Hall–Kier alpha value is -0.290. The molecule has 16 heavy (non-hydrogen) atoms. The van der Waals surface area contributed by atoms with Gasteiger partial charge in [-0.2, -0.15) is 0 Å². The van der Waals surface area contributed by atoms with Crippen molar-refractivity contribution in [2.45, 2.75) is 19.8 Å². The van der Waals surface area contributed by atoms with Crippen LogP contribution in [-0.2, 0) is 0 Å². The van der Waals surface area contributed by atoms with Crippen LogP contribution in [0.5, 0.6) is 0 Å². The Bertz CT molecular complexity index is 429. The number of benzene rings is 1. The van der Waals surface area contributed by atoms with Gasteiger partial charge in [0.15, 0.2) is 0 Å². The summed E-state index contributed by atoms with van der Waals surface area (Å²) in [7, 11) is 0. The Morgan fingerprint density at radius 3 is 2.81 bits per heavy atom. The quantitative estimate of drug-likeness (QED) is 0.832. The van der Waals surface area contributed by atoms with Crippen LogP contribution < -0.4 is 5.32 Å². The third kappa shape index (κ3) is 2.88. The maximum Gasteiger partial charge on any atom is 0.251 e. The van der Waals surface area contributed by atoms with Crippen molar-refractivity contribution in [3.8, 4) is 0 Å². The summed E-state index contributed by atoms with van der Waals surface area (Å²) in [5.41, 5.74) is 0.970. The highest BCUT2D eigenvalue weighted by Gasteiger charge is 2.37. The summed E-state index contributed by atoms with van der Waals surface area (Å²) in [6.07, 6.45) is 2.42. The van der Waals surface area contributed by atoms with Gasteiger partial charge in [-0.3, -0.25) is 4.79 Å². The van der Waals surface area contributed by atoms with Crippen molar-refractivity contribution in [2.75, 3.05) is 6.54 Å². The second-order valence-electron chi connectivity index (χ2n) is 4.62. The molecule has 0 radical (unpaired) electrons. The minimum Gasteiger partial charge on any atom is -0.351 e. The number of carbonyl (C=O) groups is 1. The van der Waals surface area contributed by atoms with Gasteiger partial charge in [0.1, 0.15) is 0 Å². The number of hydrogen-bond donors (Lipinski definition) is 1. The third-order valence-electron chi connectivity index (χ3n) is 2.96. The number of carbonyl (C=O) groups excluding carboxylic acids is 1. The monoisotopic (exact) mass is 349 g/mol. The highest BCUT2D eigenvalue weighted by Crippen LogP contribution is 2.44. The van der Waals surface area contributed by atoms with Crippen molar-refractivity contribution >= 4 is 40.1 Å². The van der Waals surface area contributed by atoms with Gasteiger partial charge in [0.2, 0.25) is 0 Å². The van der Waals surface area contributed by atoms with E-state index in [0.29, 0.717) is 16.0 Å². The molecule has 0 aliphatic heterocycles. The van der Waals surface area contributed by atoms with Crippen LogP contribution in [0.3, 0.4) is 0 Å². The molecule has 0 atom stereocenters. The van der Waals surface area contributed by atoms with Crippen molar-refractivity contribution in [1.82, 2.24) is 5.32 Å². The summed E-state index contributed by atoms with van der Waals surface area (Å²) in [5, 5.41) is 3.58. The molecule has 0 unspecified atom stereocenters. The summed E-state index contributed by atoms with van der Waals surface area (Å²) in [4.78, 5) is 11.8. The lowest BCUT2D eigenvalue weighted by Crippen LogP contribution is -2.28. The predicted molar refractivity (Wildman–Crippen MR) is 73.8 cm³/mol. The molecule has 0 bridgehead atoms. The van der Waals surface area contributed by atoms with Crippen LogP contribution in [0.4, 0.5) is 0 Å². The Kier molecular flexibility index (Phi) is 3.45. The molecular weight excluding hydrogens is 336 g/mol. The molecule has 0 aromatic heterocycles. The van der Waals surface area contributed by atoms with Crippen molar-refractivity contribution in [1.29, 1.82) is 0 Å². The van der Waals surface area contributed by atoms with Crippen LogP contribution in [0, 0.1) is 8.99 Å². The summed E-state index contributed by atoms with van der Waals surface area (Å²) in [6, 6.07) is 5.38. The van der Waals surface area contributed by atoms with E-state index in [1.54, 1.807) is 12.1 Å². The van der Waals surface area contributed by atoms with Crippen LogP contribution in [0.25, 0.3) is 0 Å². The summed E-state index contributed by atoms with van der Waals surface area (Å²) in [5.74, 6) is -0.0357. The molecule has 1 N–H and O–H groups in total. The fraction of sp³-hybridized carbons (Fsp3) is 0.417. The summed E-state index contributed by atoms with van der Waals surface area (Å²) in [6.45, 7) is 2.95. The Morgan fingerprint density at radius 2 is 2.25 bits per heavy atom. The largest absolute Gasteiger partial charge is 0.351 e. The van der Waals surface area contributed by atoms with Gasteiger partial charge in [0.05, 0.1) is 5.02 Å². The van der Waals surface area contributed by atoms with Crippen molar-refractivity contribution in [2.24, 2.45) is 5.41 Å². The second kappa shape index (κ2) is 4.53. The van der Waals surface area contributed by atoms with Crippen molar-refractivity contribution in [3.63, 3.8) is 0 Å². The van der Waals surface area contributed by atoms with Gasteiger partial charge in [-0.25, -0.2) is 0 Å². The summed E-state index contributed by atoms with van der Waals surface area (Å²) < 4.78 is 0.963. The zero-order valence-electron chi connectivity index (χ0n) is 9.02. The lowest BCUT2D eigenvalue weighted by molar-refractivity contribution is 0.0946. The number of rotatable bonds is 3. The van der Waals surface area contributed by atoms with E-state index in [4.69, 9.17) is 11.6 Å². The van der Waals surface area contributed by atoms with E-state index >= 15 is 0 Å². The van der Waals surface area contributed by atoms with Crippen LogP contribution in [0.2, 0.25) is 5.02 Å². The van der Waals surface area contributed by atoms with Crippen molar-refractivity contribution in [3.05, 3.63) is 32.4 Å². The second-order valence-corrected chi connectivity index (χ2v) is 6.19. The average molecular weight is 350 g/mol. The molecule has 0 saturated heterocycles. The number of nitrogens with one attached hydrogen (secondary N) is 1. The van der Waals surface area contributed by atoms with Gasteiger partial charge in [-0.15, -0.1) is 0 Å². The Balaban J connectivity index is 2.00. The molecule has 1 aliphatic rings. The lowest BCUT2D eigenvalue weighted by Gasteiger charge is -2.10. The molecular formula is C12H13ClINO. The average Bonchev–Trinajstić information content (AvgIpc) is 2.98. The van der Waals surface area contributed by atoms with Crippen LogP contribution in [-0.4, -0.2) is 12.5 Å². The molecule has 1 saturated carbocycles. The van der Waals surface area contributed by atoms with Crippen molar-refractivity contribution < 1.29 is 4.79 Å². The first-order valence-electron chi connectivity index (χ1n) is 5.23. The number of amides is 1. The summed E-state index contributed by atoms with van der Waals surface area (Å²) >= 11 is 8.12. The Morgan fingerprint density at radius 1 is 1.56 bits per heavy atom. The van der Waals surface area contributed by atoms with Crippen LogP contribution in [0.1, 0.15) is 30.1 Å². The van der Waals surface area contributed by atoms with Gasteiger partial charge in [-0.1, -0.05) is 18.5 Å². The van der Waals surface area contributed by atoms with E-state index in [9.17, 15) is 4.79 Å². The number of halogens is 2. The van der Waals surface area contributed by atoms with Gasteiger partial charge in [-0.05, 0) is 59.0 Å². The van der Waals surface area contributed by atoms with Gasteiger partial charge >= 0.3 is 0 Å². The fourth-order valence-corrected chi connectivity index (χ4v) is 1.94. The minimum absolute atomic E-state index is 0.0357. The maximum atomic E-state index is 11.8. The maximum absolute atomic E-state index is 11.8. The highest BCUT2D eigenvalue weighted by atomic mass is 127. The van der Waals surface area contributed by atoms with Gasteiger partial charge < -0.3 is 5.32 Å². The van der Waals surface area contributed by atoms with E-state index in [2.05, 4.69) is 34.8 Å². The zero-order valence-corrected chi connectivity index (χ0v) is 11.9. The van der Waals surface area contributed by atoms with E-state index in [1.807, 2.05) is 6.07 Å². The first-order valence-corrected chi connectivity index (χ1v) is 6.69. The predicted octanol–water partition coefficient (Wildman–Crippen LogP) is 3.47. The molecule has 2 nitrogen and oxygen atoms in total. The smallest absolute Gasteiger partial charge is 0.251 e. The van der Waals surface area contributed by atoms with E-state index < -0.39 is 0 Å². The topological polar surface area (TPSA) is 29.1 Å². The third-order valence-corrected chi connectivity index (χ3v) is 4.53. The van der Waals surface area contributed by atoms with Crippen LogP contribution >= 0.6 is 34.2 Å². The molecule has 1 aliphatic carbocycles. The molecule has 4 heteroatoms. The fourth-order valence-electron chi connectivity index (χ4n) is 1.42. The molecule has 1 amide bonds. The van der Waals surface area contributed by atoms with E-state index in [-0.39, 0.29) is 5.91 Å². The van der Waals surface area contributed by atoms with Crippen LogP contribution in [0.15, 0.2) is 18.2 Å². The molecule has 1 aromatic carbocycles. The molecule has 2 rings (SSSR count). The van der Waals surface area contributed by atoms with E-state index in [1.165, 1.54) is 12.8 Å². The lowest BCUT2D eigenvalue weighted by atomic mass is 10.1. The standard InChI is InChI=1S/C12H13ClINO/c1-12(4-5-12)7-15-11(16)8-2-3-10(14)9(13)6-8/h2-3,6H,4-5,7H2,1H3,(H,15,16). The zero-order chi connectivity index (χ0) is 11.8.